The van der Waals surface area contributed by atoms with Crippen molar-refractivity contribution < 1.29 is 34.2 Å². The number of fused-ring (bicyclic) bond motifs is 1. The van der Waals surface area contributed by atoms with Gasteiger partial charge in [-0.2, -0.15) is 0 Å². The van der Waals surface area contributed by atoms with Crippen molar-refractivity contribution in [3.8, 4) is 0 Å². The Kier molecular flexibility index (Phi) is 7.67. The number of thioether (sulfide) groups is 1. The van der Waals surface area contributed by atoms with Gasteiger partial charge in [0.15, 0.2) is 10.8 Å². The van der Waals surface area contributed by atoms with Gasteiger partial charge in [0.2, 0.25) is 5.60 Å². The van der Waals surface area contributed by atoms with Crippen LogP contribution in [0, 0.1) is 0 Å². The molecule has 1 aromatic carbocycles. The minimum atomic E-state index is -1.76. The number of hydrogen-bond acceptors (Lipinski definition) is 10. The zero-order valence-electron chi connectivity index (χ0n) is 20.0. The third kappa shape index (κ3) is 5.19. The fourth-order valence-corrected chi connectivity index (χ4v) is 5.75. The molecule has 2 atom stereocenters. The molecule has 2 aliphatic heterocycles. The number of anilines is 1. The minimum Gasteiger partial charge on any atom is -0.478 e. The zero-order valence-corrected chi connectivity index (χ0v) is 22.4. The number of nitrogens with zero attached hydrogens (tertiary/aromatic N) is 3. The number of nitrogens with one attached hydrogen (secondary N) is 1. The molecule has 0 saturated carbocycles. The molecule has 0 radical (unpaired) electrons. The van der Waals surface area contributed by atoms with Crippen molar-refractivity contribution in [1.29, 1.82) is 0 Å². The second-order valence-electron chi connectivity index (χ2n) is 8.74. The molecule has 3 heterocycles. The normalized spacial score (nSPS) is 19.5. The number of thiazole rings is 1. The zero-order chi connectivity index (χ0) is 27.8. The molecule has 1 saturated heterocycles. The molecule has 0 aliphatic carbocycles. The second kappa shape index (κ2) is 10.6. The predicted octanol–water partition coefficient (Wildman–Crippen LogP) is 1.94. The molecule has 15 heteroatoms. The van der Waals surface area contributed by atoms with E-state index in [-0.39, 0.29) is 28.0 Å². The summed E-state index contributed by atoms with van der Waals surface area (Å²) < 4.78 is 0. The van der Waals surface area contributed by atoms with E-state index in [1.165, 1.54) is 31.0 Å². The van der Waals surface area contributed by atoms with Crippen molar-refractivity contribution in [3.05, 3.63) is 52.2 Å². The van der Waals surface area contributed by atoms with Crippen LogP contribution in [0.25, 0.3) is 5.57 Å². The topological polar surface area (TPSA) is 185 Å². The summed E-state index contributed by atoms with van der Waals surface area (Å²) in [6.07, 6.45) is 0. The Morgan fingerprint density at radius 3 is 2.53 bits per heavy atom. The number of nitrogens with two attached hydrogens (primary N) is 1. The van der Waals surface area contributed by atoms with Crippen LogP contribution in [-0.2, 0) is 29.9 Å². The molecule has 5 N–H and O–H groups in total. The van der Waals surface area contributed by atoms with Gasteiger partial charge in [-0.25, -0.2) is 14.6 Å². The molecule has 12 nitrogen and oxygen atoms in total. The standard InChI is InChI=1S/C23H22ClN5O7S2/c1-23(2,21(34)35)36-28-14(13-9-38-22(25)26-13)17(30)27-15-18(31)29-16(20(32)33)12(8-37-19(15)29)11-5-3-10(7-24)4-6-11/h3-6,9,15,19H,7-8H2,1-2H3,(H2,25,26)(H,27,30)(H,32,33)(H,34,35)/b28-14-/t15-,19?/m1/s1. The van der Waals surface area contributed by atoms with Crippen LogP contribution in [-0.4, -0.2) is 72.3 Å². The molecule has 2 aliphatic rings. The number of rotatable bonds is 9. The lowest BCUT2D eigenvalue weighted by Gasteiger charge is -2.49. The molecule has 38 heavy (non-hydrogen) atoms. The summed E-state index contributed by atoms with van der Waals surface area (Å²) in [6.45, 7) is 2.49. The molecule has 2 amide bonds. The Hall–Kier alpha value is -3.62. The lowest BCUT2D eigenvalue weighted by atomic mass is 9.98. The minimum absolute atomic E-state index is 0.0277. The van der Waals surface area contributed by atoms with Gasteiger partial charge in [-0.1, -0.05) is 29.4 Å². The van der Waals surface area contributed by atoms with E-state index in [2.05, 4.69) is 15.5 Å². The van der Waals surface area contributed by atoms with Crippen molar-refractivity contribution in [1.82, 2.24) is 15.2 Å². The maximum Gasteiger partial charge on any atom is 0.352 e. The number of β-lactam (4-membered cyclic amide) rings is 1. The third-order valence-corrected chi connectivity index (χ3v) is 8.04. The fraction of sp³-hybridized carbons (Fsp3) is 0.304. The highest BCUT2D eigenvalue weighted by atomic mass is 35.5. The highest BCUT2D eigenvalue weighted by molar-refractivity contribution is 8.00. The monoisotopic (exact) mass is 579 g/mol. The Morgan fingerprint density at radius 1 is 1.29 bits per heavy atom. The van der Waals surface area contributed by atoms with E-state index in [0.717, 1.165) is 21.8 Å². The highest BCUT2D eigenvalue weighted by Gasteiger charge is 2.54. The Balaban J connectivity index is 1.58. The van der Waals surface area contributed by atoms with Crippen LogP contribution in [0.4, 0.5) is 5.13 Å². The first-order chi connectivity index (χ1) is 17.9. The second-order valence-corrected chi connectivity index (χ2v) is 11.0. The molecular formula is C23H22ClN5O7S2. The summed E-state index contributed by atoms with van der Waals surface area (Å²) in [5.74, 6) is -3.48. The summed E-state index contributed by atoms with van der Waals surface area (Å²) in [7, 11) is 0. The van der Waals surface area contributed by atoms with Gasteiger partial charge < -0.3 is 26.1 Å². The van der Waals surface area contributed by atoms with Gasteiger partial charge in [-0.15, -0.1) is 34.7 Å². The maximum absolute atomic E-state index is 13.2. The number of hydrogen-bond donors (Lipinski definition) is 4. The van der Waals surface area contributed by atoms with Gasteiger partial charge in [0.25, 0.3) is 11.8 Å². The van der Waals surface area contributed by atoms with Gasteiger partial charge in [-0.3, -0.25) is 14.5 Å². The molecule has 200 valence electrons. The number of aliphatic carboxylic acids is 2. The van der Waals surface area contributed by atoms with Crippen LogP contribution >= 0.6 is 34.7 Å². The van der Waals surface area contributed by atoms with Crippen molar-refractivity contribution in [2.75, 3.05) is 11.5 Å². The van der Waals surface area contributed by atoms with Gasteiger partial charge >= 0.3 is 11.9 Å². The number of carbonyl (C=O) groups excluding carboxylic acids is 2. The number of carboxylic acid groups (broad SMARTS) is 2. The van der Waals surface area contributed by atoms with Gasteiger partial charge in [0.1, 0.15) is 22.8 Å². The van der Waals surface area contributed by atoms with Crippen LogP contribution in [0.2, 0.25) is 0 Å². The smallest absolute Gasteiger partial charge is 0.352 e. The van der Waals surface area contributed by atoms with Crippen molar-refractivity contribution in [3.63, 3.8) is 0 Å². The van der Waals surface area contributed by atoms with Crippen LogP contribution in [0.15, 0.2) is 40.5 Å². The number of nitrogen functional groups attached to an aromatic ring is 1. The van der Waals surface area contributed by atoms with E-state index in [1.54, 1.807) is 24.3 Å². The Bertz CT molecular complexity index is 1370. The summed E-state index contributed by atoms with van der Waals surface area (Å²) in [5.41, 5.74) is 5.40. The van der Waals surface area contributed by atoms with E-state index in [4.69, 9.17) is 22.2 Å². The number of halogens is 1. The summed E-state index contributed by atoms with van der Waals surface area (Å²) in [5, 5.41) is 26.4. The average Bonchev–Trinajstić information content (AvgIpc) is 3.31. The van der Waals surface area contributed by atoms with E-state index in [1.807, 2.05) is 0 Å². The lowest BCUT2D eigenvalue weighted by molar-refractivity contribution is -0.161. The molecule has 0 bridgehead atoms. The van der Waals surface area contributed by atoms with Crippen LogP contribution in [0.3, 0.4) is 0 Å². The quantitative estimate of drug-likeness (QED) is 0.148. The Morgan fingerprint density at radius 2 is 1.97 bits per heavy atom. The van der Waals surface area contributed by atoms with E-state index >= 15 is 0 Å². The van der Waals surface area contributed by atoms with E-state index in [9.17, 15) is 29.4 Å². The number of benzene rings is 1. The first kappa shape index (κ1) is 27.4. The van der Waals surface area contributed by atoms with E-state index in [0.29, 0.717) is 17.0 Å². The molecule has 1 fully saturated rings. The fourth-order valence-electron chi connectivity index (χ4n) is 3.64. The third-order valence-electron chi connectivity index (χ3n) is 5.77. The van der Waals surface area contributed by atoms with Crippen LogP contribution in [0.1, 0.15) is 30.7 Å². The summed E-state index contributed by atoms with van der Waals surface area (Å²) >= 11 is 8.16. The number of carbonyl (C=O) groups is 4. The van der Waals surface area contributed by atoms with Gasteiger partial charge in [0.05, 0.1) is 0 Å². The summed E-state index contributed by atoms with van der Waals surface area (Å²) in [6, 6.07) is 6.01. The molecular weight excluding hydrogens is 558 g/mol. The SMILES string of the molecule is CC(C)(O/N=C(\C(=O)N[C@@H]1C(=O)N2C(C(=O)O)=C(c3ccc(CCl)cc3)CSC12)c1csc(N)n1)C(=O)O. The van der Waals surface area contributed by atoms with Crippen LogP contribution in [0.5, 0.6) is 0 Å². The predicted molar refractivity (Wildman–Crippen MR) is 141 cm³/mol. The number of alkyl halides is 1. The maximum atomic E-state index is 13.2. The molecule has 1 unspecified atom stereocenters. The van der Waals surface area contributed by atoms with Gasteiger partial charge in [-0.05, 0) is 25.0 Å². The number of carboxylic acids is 2. The molecule has 4 rings (SSSR count). The summed E-state index contributed by atoms with van der Waals surface area (Å²) in [4.78, 5) is 60.1. The van der Waals surface area contributed by atoms with Crippen molar-refractivity contribution in [2.45, 2.75) is 36.7 Å². The largest absolute Gasteiger partial charge is 0.478 e. The number of amides is 2. The first-order valence-electron chi connectivity index (χ1n) is 11.0. The van der Waals surface area contributed by atoms with Gasteiger partial charge in [0, 0.05) is 22.6 Å². The lowest BCUT2D eigenvalue weighted by Crippen LogP contribution is -2.71. The Labute approximate surface area is 229 Å². The highest BCUT2D eigenvalue weighted by Crippen LogP contribution is 2.43. The van der Waals surface area contributed by atoms with Crippen LogP contribution < -0.4 is 11.1 Å². The van der Waals surface area contributed by atoms with Crippen molar-refractivity contribution >= 4 is 74.9 Å². The number of oxime groups is 1. The first-order valence-corrected chi connectivity index (χ1v) is 13.5. The van der Waals surface area contributed by atoms with Crippen molar-refractivity contribution in [2.24, 2.45) is 5.16 Å². The van der Waals surface area contributed by atoms with E-state index < -0.39 is 40.8 Å². The number of aromatic nitrogens is 1. The molecule has 0 spiro atoms. The molecule has 2 aromatic rings. The molecule has 1 aromatic heterocycles. The average molecular weight is 580 g/mol.